The minimum Gasteiger partial charge on any atom is -0.456 e. The predicted molar refractivity (Wildman–Crippen MR) is 264 cm³/mol. The molecule has 0 aliphatic heterocycles. The summed E-state index contributed by atoms with van der Waals surface area (Å²) in [6, 6.07) is 87.1. The van der Waals surface area contributed by atoms with Crippen molar-refractivity contribution < 1.29 is 4.42 Å². The number of para-hydroxylation sites is 3. The Labute approximate surface area is 366 Å². The van der Waals surface area contributed by atoms with Crippen LogP contribution >= 0.6 is 0 Å². The van der Waals surface area contributed by atoms with Gasteiger partial charge in [0.15, 0.2) is 0 Å². The van der Waals surface area contributed by atoms with Crippen LogP contribution in [-0.2, 0) is 0 Å². The second-order valence-corrected chi connectivity index (χ2v) is 16.1. The van der Waals surface area contributed by atoms with Gasteiger partial charge in [-0.05, 0) is 117 Å². The molecule has 12 aromatic rings. The molecule has 0 unspecified atom stereocenters. The highest BCUT2D eigenvalue weighted by atomic mass is 16.3. The Bertz CT molecular complexity index is 3550. The molecule has 0 amide bonds. The van der Waals surface area contributed by atoms with E-state index >= 15 is 0 Å². The molecule has 0 aliphatic rings. The zero-order valence-electron chi connectivity index (χ0n) is 34.4. The van der Waals surface area contributed by atoms with Crippen molar-refractivity contribution in [3.8, 4) is 50.2 Å². The molecule has 296 valence electrons. The number of furan rings is 1. The third-order valence-corrected chi connectivity index (χ3v) is 12.4. The SMILES string of the molecule is c1ccc(-c2ccc(N(c3ccc(-c4ccc(-c5cccc(-n6c7ccccc7c7ccccc76)c5)cc4)cc3)c3cccc(-c4cccc5oc6ccccc6c45)c3)cc2)cc1. The Balaban J connectivity index is 0.888. The average Bonchev–Trinajstić information content (AvgIpc) is 3.91. The molecule has 2 heterocycles. The normalized spacial score (nSPS) is 11.5. The fraction of sp³-hybridized carbons (Fsp3) is 0. The molecule has 12 rings (SSSR count). The summed E-state index contributed by atoms with van der Waals surface area (Å²) in [5, 5.41) is 4.79. The van der Waals surface area contributed by atoms with Gasteiger partial charge >= 0.3 is 0 Å². The van der Waals surface area contributed by atoms with Gasteiger partial charge in [0.25, 0.3) is 0 Å². The van der Waals surface area contributed by atoms with Crippen molar-refractivity contribution in [3.63, 3.8) is 0 Å². The van der Waals surface area contributed by atoms with E-state index in [1.807, 2.05) is 12.1 Å². The van der Waals surface area contributed by atoms with E-state index in [2.05, 4.69) is 240 Å². The van der Waals surface area contributed by atoms with Crippen LogP contribution in [0.3, 0.4) is 0 Å². The molecule has 0 spiro atoms. The van der Waals surface area contributed by atoms with Crippen molar-refractivity contribution in [2.45, 2.75) is 0 Å². The largest absolute Gasteiger partial charge is 0.456 e. The van der Waals surface area contributed by atoms with Crippen molar-refractivity contribution >= 4 is 60.8 Å². The number of anilines is 3. The summed E-state index contributed by atoms with van der Waals surface area (Å²) >= 11 is 0. The molecular formula is C60H40N2O. The molecule has 0 fully saturated rings. The smallest absolute Gasteiger partial charge is 0.136 e. The Morgan fingerprint density at radius 1 is 0.302 bits per heavy atom. The first-order valence-electron chi connectivity index (χ1n) is 21.5. The molecule has 10 aromatic carbocycles. The first-order valence-corrected chi connectivity index (χ1v) is 21.5. The standard InChI is InChI=1S/C60H40N2O/c1-2-13-41(14-3-1)43-31-35-48(36-32-43)61(50-17-11-16-47(40-50)52-22-12-26-59-60(52)55-21-6-9-25-58(55)63-59)49-37-33-44(34-38-49)42-27-29-45(30-28-42)46-15-10-18-51(39-46)62-56-23-7-4-19-53(56)54-20-5-8-24-57(54)62/h1-40H. The maximum absolute atomic E-state index is 6.29. The minimum absolute atomic E-state index is 0.893. The van der Waals surface area contributed by atoms with Gasteiger partial charge in [-0.1, -0.05) is 170 Å². The molecule has 0 bridgehead atoms. The number of nitrogens with zero attached hydrogens (tertiary/aromatic N) is 2. The van der Waals surface area contributed by atoms with Crippen LogP contribution in [0.15, 0.2) is 247 Å². The highest BCUT2D eigenvalue weighted by Crippen LogP contribution is 2.42. The van der Waals surface area contributed by atoms with E-state index in [4.69, 9.17) is 4.42 Å². The lowest BCUT2D eigenvalue weighted by molar-refractivity contribution is 0.669. The molecule has 0 saturated heterocycles. The third-order valence-electron chi connectivity index (χ3n) is 12.4. The van der Waals surface area contributed by atoms with Crippen LogP contribution in [0.1, 0.15) is 0 Å². The van der Waals surface area contributed by atoms with Gasteiger partial charge in [0, 0.05) is 44.3 Å². The van der Waals surface area contributed by atoms with Crippen LogP contribution in [0.2, 0.25) is 0 Å². The molecule has 0 aliphatic carbocycles. The van der Waals surface area contributed by atoms with E-state index in [9.17, 15) is 0 Å². The average molecular weight is 805 g/mol. The second-order valence-electron chi connectivity index (χ2n) is 16.1. The van der Waals surface area contributed by atoms with Gasteiger partial charge in [-0.15, -0.1) is 0 Å². The first kappa shape index (κ1) is 36.5. The molecule has 63 heavy (non-hydrogen) atoms. The van der Waals surface area contributed by atoms with E-state index in [-0.39, 0.29) is 0 Å². The topological polar surface area (TPSA) is 21.3 Å². The number of hydrogen-bond acceptors (Lipinski definition) is 2. The van der Waals surface area contributed by atoms with Crippen molar-refractivity contribution in [2.75, 3.05) is 4.90 Å². The Kier molecular flexibility index (Phi) is 8.83. The quantitative estimate of drug-likeness (QED) is 0.153. The van der Waals surface area contributed by atoms with Gasteiger partial charge in [0.1, 0.15) is 11.2 Å². The molecule has 2 aromatic heterocycles. The maximum Gasteiger partial charge on any atom is 0.136 e. The summed E-state index contributed by atoms with van der Waals surface area (Å²) in [4.78, 5) is 2.35. The van der Waals surface area contributed by atoms with Crippen LogP contribution in [0.5, 0.6) is 0 Å². The van der Waals surface area contributed by atoms with Crippen LogP contribution in [-0.4, -0.2) is 4.57 Å². The van der Waals surface area contributed by atoms with E-state index < -0.39 is 0 Å². The van der Waals surface area contributed by atoms with Crippen LogP contribution < -0.4 is 4.90 Å². The lowest BCUT2D eigenvalue weighted by Crippen LogP contribution is -2.10. The second kappa shape index (κ2) is 15.3. The fourth-order valence-corrected chi connectivity index (χ4v) is 9.39. The summed E-state index contributed by atoms with van der Waals surface area (Å²) in [6.07, 6.45) is 0. The number of benzene rings is 10. The van der Waals surface area contributed by atoms with Gasteiger partial charge in [-0.3, -0.25) is 0 Å². The van der Waals surface area contributed by atoms with Crippen molar-refractivity contribution in [3.05, 3.63) is 243 Å². The van der Waals surface area contributed by atoms with Gasteiger partial charge < -0.3 is 13.9 Å². The van der Waals surface area contributed by atoms with Gasteiger partial charge in [-0.2, -0.15) is 0 Å². The Morgan fingerprint density at radius 3 is 1.44 bits per heavy atom. The maximum atomic E-state index is 6.29. The van der Waals surface area contributed by atoms with Crippen molar-refractivity contribution in [1.29, 1.82) is 0 Å². The van der Waals surface area contributed by atoms with Crippen molar-refractivity contribution in [2.24, 2.45) is 0 Å². The monoisotopic (exact) mass is 804 g/mol. The lowest BCUT2D eigenvalue weighted by Gasteiger charge is -2.26. The van der Waals surface area contributed by atoms with Gasteiger partial charge in [0.05, 0.1) is 11.0 Å². The van der Waals surface area contributed by atoms with Crippen molar-refractivity contribution in [1.82, 2.24) is 4.57 Å². The lowest BCUT2D eigenvalue weighted by atomic mass is 9.98. The molecule has 0 atom stereocenters. The minimum atomic E-state index is 0.893. The molecule has 0 radical (unpaired) electrons. The van der Waals surface area contributed by atoms with Crippen LogP contribution in [0.4, 0.5) is 17.1 Å². The summed E-state index contributed by atoms with van der Waals surface area (Å²) in [6.45, 7) is 0. The van der Waals surface area contributed by atoms with Crippen LogP contribution in [0, 0.1) is 0 Å². The third kappa shape index (κ3) is 6.46. The highest BCUT2D eigenvalue weighted by molar-refractivity contribution is 6.12. The molecule has 0 saturated carbocycles. The Hall–Kier alpha value is -8.40. The summed E-state index contributed by atoms with van der Waals surface area (Å²) in [5.74, 6) is 0. The Morgan fingerprint density at radius 2 is 0.778 bits per heavy atom. The summed E-state index contributed by atoms with van der Waals surface area (Å²) in [7, 11) is 0. The molecule has 3 nitrogen and oxygen atoms in total. The molecular weight excluding hydrogens is 765 g/mol. The zero-order valence-corrected chi connectivity index (χ0v) is 34.4. The summed E-state index contributed by atoms with van der Waals surface area (Å²) < 4.78 is 8.67. The van der Waals surface area contributed by atoms with Crippen LogP contribution in [0.25, 0.3) is 93.9 Å². The number of hydrogen-bond donors (Lipinski definition) is 0. The van der Waals surface area contributed by atoms with E-state index in [0.717, 1.165) is 61.4 Å². The number of rotatable bonds is 8. The first-order chi connectivity index (χ1) is 31.2. The highest BCUT2D eigenvalue weighted by Gasteiger charge is 2.18. The van der Waals surface area contributed by atoms with E-state index in [1.54, 1.807) is 0 Å². The fourth-order valence-electron chi connectivity index (χ4n) is 9.39. The molecule has 0 N–H and O–H groups in total. The van der Waals surface area contributed by atoms with Gasteiger partial charge in [-0.25, -0.2) is 0 Å². The molecule has 3 heteroatoms. The predicted octanol–water partition coefficient (Wildman–Crippen LogP) is 16.8. The summed E-state index contributed by atoms with van der Waals surface area (Å²) in [5.41, 5.74) is 18.0. The number of fused-ring (bicyclic) bond motifs is 6. The van der Waals surface area contributed by atoms with Gasteiger partial charge in [0.2, 0.25) is 0 Å². The zero-order chi connectivity index (χ0) is 41.7. The van der Waals surface area contributed by atoms with E-state index in [0.29, 0.717) is 0 Å². The number of aromatic nitrogens is 1. The van der Waals surface area contributed by atoms with E-state index in [1.165, 1.54) is 49.6 Å².